The van der Waals surface area contributed by atoms with Gasteiger partial charge in [0.25, 0.3) is 5.91 Å². The Labute approximate surface area is 179 Å². The molecule has 1 aliphatic rings. The van der Waals surface area contributed by atoms with Crippen molar-refractivity contribution >= 4 is 21.7 Å². The Morgan fingerprint density at radius 1 is 1.19 bits per heavy atom. The van der Waals surface area contributed by atoms with Crippen molar-refractivity contribution in [2.45, 2.75) is 11.5 Å². The normalized spacial score (nSPS) is 14.8. The highest BCUT2D eigenvalue weighted by Crippen LogP contribution is 2.23. The number of hydrogen-bond acceptors (Lipinski definition) is 7. The summed E-state index contributed by atoms with van der Waals surface area (Å²) < 4.78 is 37.8. The van der Waals surface area contributed by atoms with Crippen molar-refractivity contribution in [1.82, 2.24) is 19.3 Å². The van der Waals surface area contributed by atoms with Crippen LogP contribution in [0.15, 0.2) is 60.0 Å². The molecule has 0 atom stereocenters. The molecule has 1 amide bonds. The van der Waals surface area contributed by atoms with Crippen LogP contribution in [0.1, 0.15) is 16.1 Å². The Morgan fingerprint density at radius 2 is 1.97 bits per heavy atom. The topological polar surface area (TPSA) is 127 Å². The predicted molar refractivity (Wildman–Crippen MR) is 111 cm³/mol. The van der Waals surface area contributed by atoms with E-state index >= 15 is 0 Å². The largest absolute Gasteiger partial charge is 0.485 e. The summed E-state index contributed by atoms with van der Waals surface area (Å²) in [5.74, 6) is 0.0880. The average molecular weight is 443 g/mol. The molecule has 3 aromatic rings. The SMILES string of the molecule is O=C(Nc1ncccc1OCc1ccncc1)c1cc(S(=O)(=O)N2CCOCC2)c[nH]1. The van der Waals surface area contributed by atoms with Crippen molar-refractivity contribution in [1.29, 1.82) is 0 Å². The van der Waals surface area contributed by atoms with E-state index in [0.717, 1.165) is 5.56 Å². The molecule has 0 radical (unpaired) electrons. The lowest BCUT2D eigenvalue weighted by Crippen LogP contribution is -2.40. The number of anilines is 1. The highest BCUT2D eigenvalue weighted by atomic mass is 32.2. The molecule has 11 heteroatoms. The van der Waals surface area contributed by atoms with Gasteiger partial charge in [-0.15, -0.1) is 0 Å². The molecule has 0 spiro atoms. The number of carbonyl (C=O) groups excluding carboxylic acids is 1. The molecule has 0 saturated carbocycles. The summed E-state index contributed by atoms with van der Waals surface area (Å²) in [5, 5.41) is 2.66. The first-order chi connectivity index (χ1) is 15.0. The highest BCUT2D eigenvalue weighted by molar-refractivity contribution is 7.89. The van der Waals surface area contributed by atoms with E-state index in [2.05, 4.69) is 20.3 Å². The molecule has 1 aliphatic heterocycles. The van der Waals surface area contributed by atoms with Gasteiger partial charge in [0.2, 0.25) is 10.0 Å². The van der Waals surface area contributed by atoms with E-state index in [1.54, 1.807) is 24.5 Å². The lowest BCUT2D eigenvalue weighted by atomic mass is 10.3. The fraction of sp³-hybridized carbons (Fsp3) is 0.250. The number of rotatable bonds is 7. The van der Waals surface area contributed by atoms with Crippen molar-refractivity contribution < 1.29 is 22.7 Å². The Balaban J connectivity index is 1.46. The van der Waals surface area contributed by atoms with Gasteiger partial charge in [-0.25, -0.2) is 13.4 Å². The third kappa shape index (κ3) is 4.90. The lowest BCUT2D eigenvalue weighted by Gasteiger charge is -2.25. The Bertz CT molecular complexity index is 1140. The molecule has 1 saturated heterocycles. The minimum Gasteiger partial charge on any atom is -0.485 e. The summed E-state index contributed by atoms with van der Waals surface area (Å²) in [6.45, 7) is 1.53. The molecule has 10 nitrogen and oxygen atoms in total. The molecule has 4 heterocycles. The molecule has 31 heavy (non-hydrogen) atoms. The number of nitrogens with one attached hydrogen (secondary N) is 2. The van der Waals surface area contributed by atoms with Gasteiger partial charge >= 0.3 is 0 Å². The number of aromatic amines is 1. The molecular weight excluding hydrogens is 422 g/mol. The molecule has 0 unspecified atom stereocenters. The van der Waals surface area contributed by atoms with Crippen LogP contribution in [0.2, 0.25) is 0 Å². The lowest BCUT2D eigenvalue weighted by molar-refractivity contribution is 0.0730. The molecular formula is C20H21N5O5S. The fourth-order valence-corrected chi connectivity index (χ4v) is 4.41. The maximum absolute atomic E-state index is 12.7. The zero-order chi connectivity index (χ0) is 21.7. The van der Waals surface area contributed by atoms with Crippen LogP contribution in [-0.4, -0.2) is 59.9 Å². The Kier molecular flexibility index (Phi) is 6.26. The van der Waals surface area contributed by atoms with Crippen LogP contribution >= 0.6 is 0 Å². The second-order valence-electron chi connectivity index (χ2n) is 6.71. The minimum atomic E-state index is -3.70. The number of ether oxygens (including phenoxy) is 2. The van der Waals surface area contributed by atoms with Crippen LogP contribution in [0.4, 0.5) is 5.82 Å². The van der Waals surface area contributed by atoms with Gasteiger partial charge in [-0.2, -0.15) is 4.31 Å². The van der Waals surface area contributed by atoms with Gasteiger partial charge in [-0.3, -0.25) is 9.78 Å². The molecule has 3 aromatic heterocycles. The monoisotopic (exact) mass is 443 g/mol. The van der Waals surface area contributed by atoms with Gasteiger partial charge in [0, 0.05) is 37.9 Å². The first kappa shape index (κ1) is 21.0. The maximum atomic E-state index is 12.7. The van der Waals surface area contributed by atoms with Crippen LogP contribution in [0.25, 0.3) is 0 Å². The van der Waals surface area contributed by atoms with Crippen LogP contribution in [0.3, 0.4) is 0 Å². The average Bonchev–Trinajstić information content (AvgIpc) is 3.31. The molecule has 2 N–H and O–H groups in total. The second kappa shape index (κ2) is 9.25. The van der Waals surface area contributed by atoms with Gasteiger partial charge in [-0.1, -0.05) is 0 Å². The minimum absolute atomic E-state index is 0.0229. The molecule has 1 fully saturated rings. The zero-order valence-electron chi connectivity index (χ0n) is 16.5. The number of sulfonamides is 1. The molecule has 0 aromatic carbocycles. The number of carbonyl (C=O) groups is 1. The van der Waals surface area contributed by atoms with Crippen LogP contribution in [0.5, 0.6) is 5.75 Å². The highest BCUT2D eigenvalue weighted by Gasteiger charge is 2.28. The van der Waals surface area contributed by atoms with Crippen LogP contribution in [-0.2, 0) is 21.4 Å². The third-order valence-corrected chi connectivity index (χ3v) is 6.53. The number of amides is 1. The number of aromatic nitrogens is 3. The smallest absolute Gasteiger partial charge is 0.273 e. The molecule has 4 rings (SSSR count). The first-order valence-corrected chi connectivity index (χ1v) is 11.0. The van der Waals surface area contributed by atoms with E-state index in [0.29, 0.717) is 19.0 Å². The van der Waals surface area contributed by atoms with Gasteiger partial charge in [0.15, 0.2) is 11.6 Å². The molecule has 0 aliphatic carbocycles. The number of H-pyrrole nitrogens is 1. The summed E-state index contributed by atoms with van der Waals surface area (Å²) in [6.07, 6.45) is 6.16. The standard InChI is InChI=1S/C20H21N5O5S/c26-20(17-12-16(13-23-17)31(27,28)25-8-10-29-11-9-25)24-19-18(2-1-5-22-19)30-14-15-3-6-21-7-4-15/h1-7,12-13,23H,8-11,14H2,(H,22,24,26). The third-order valence-electron chi connectivity index (χ3n) is 4.66. The summed E-state index contributed by atoms with van der Waals surface area (Å²) in [7, 11) is -3.70. The van der Waals surface area contributed by atoms with Crippen molar-refractivity contribution in [3.63, 3.8) is 0 Å². The van der Waals surface area contributed by atoms with Crippen LogP contribution in [0, 0.1) is 0 Å². The summed E-state index contributed by atoms with van der Waals surface area (Å²) in [4.78, 5) is 23.6. The van der Waals surface area contributed by atoms with Crippen molar-refractivity contribution in [3.8, 4) is 5.75 Å². The Morgan fingerprint density at radius 3 is 2.74 bits per heavy atom. The second-order valence-corrected chi connectivity index (χ2v) is 8.65. The number of pyridine rings is 2. The quantitative estimate of drug-likeness (QED) is 0.569. The van der Waals surface area contributed by atoms with E-state index in [1.165, 1.54) is 22.8 Å². The number of morpholine rings is 1. The number of nitrogens with zero attached hydrogens (tertiary/aromatic N) is 3. The molecule has 0 bridgehead atoms. The maximum Gasteiger partial charge on any atom is 0.273 e. The first-order valence-electron chi connectivity index (χ1n) is 9.58. The Hall–Kier alpha value is -3.28. The summed E-state index contributed by atoms with van der Waals surface area (Å²) in [6, 6.07) is 8.33. The van der Waals surface area contributed by atoms with Crippen molar-refractivity contribution in [3.05, 3.63) is 66.4 Å². The van der Waals surface area contributed by atoms with E-state index in [1.807, 2.05) is 12.1 Å². The molecule has 162 valence electrons. The van der Waals surface area contributed by atoms with Gasteiger partial charge in [0.05, 0.1) is 13.2 Å². The summed E-state index contributed by atoms with van der Waals surface area (Å²) in [5.41, 5.74) is 1.01. The fourth-order valence-electron chi connectivity index (χ4n) is 3.01. The van der Waals surface area contributed by atoms with Crippen LogP contribution < -0.4 is 10.1 Å². The zero-order valence-corrected chi connectivity index (χ0v) is 17.3. The van der Waals surface area contributed by atoms with E-state index in [-0.39, 0.29) is 36.1 Å². The number of hydrogen-bond donors (Lipinski definition) is 2. The van der Waals surface area contributed by atoms with E-state index in [4.69, 9.17) is 9.47 Å². The van der Waals surface area contributed by atoms with E-state index < -0.39 is 15.9 Å². The van der Waals surface area contributed by atoms with Crippen molar-refractivity contribution in [2.75, 3.05) is 31.6 Å². The van der Waals surface area contributed by atoms with E-state index in [9.17, 15) is 13.2 Å². The van der Waals surface area contributed by atoms with Gasteiger partial charge in [-0.05, 0) is 35.9 Å². The summed E-state index contributed by atoms with van der Waals surface area (Å²) >= 11 is 0. The van der Waals surface area contributed by atoms with Gasteiger partial charge in [0.1, 0.15) is 17.2 Å². The van der Waals surface area contributed by atoms with Gasteiger partial charge < -0.3 is 19.8 Å². The predicted octanol–water partition coefficient (Wildman–Crippen LogP) is 1.66. The van der Waals surface area contributed by atoms with Crippen molar-refractivity contribution in [2.24, 2.45) is 0 Å².